The van der Waals surface area contributed by atoms with Gasteiger partial charge in [0.05, 0.1) is 10.4 Å². The molecule has 76 valence electrons. The number of aromatic amines is 1. The molecule has 2 aromatic heterocycles. The van der Waals surface area contributed by atoms with Gasteiger partial charge < -0.3 is 0 Å². The number of fused-ring (bicyclic) bond motifs is 1. The van der Waals surface area contributed by atoms with Crippen LogP contribution in [-0.4, -0.2) is 10.2 Å². The summed E-state index contributed by atoms with van der Waals surface area (Å²) < 4.78 is 1.34. The van der Waals surface area contributed by atoms with Crippen molar-refractivity contribution in [1.82, 2.24) is 10.2 Å². The fourth-order valence-electron chi connectivity index (χ4n) is 1.64. The zero-order valence-electron chi connectivity index (χ0n) is 9.09. The summed E-state index contributed by atoms with van der Waals surface area (Å²) >= 11 is 1.81. The van der Waals surface area contributed by atoms with Gasteiger partial charge in [0.1, 0.15) is 5.52 Å². The van der Waals surface area contributed by atoms with Gasteiger partial charge in [-0.15, -0.1) is 11.3 Å². The van der Waals surface area contributed by atoms with E-state index >= 15 is 0 Å². The summed E-state index contributed by atoms with van der Waals surface area (Å²) in [6, 6.07) is 0. The zero-order chi connectivity index (χ0) is 10.3. The van der Waals surface area contributed by atoms with Crippen LogP contribution in [0.2, 0.25) is 0 Å². The molecule has 0 bridgehead atoms. The normalized spacial score (nSPS) is 12.1. The molecule has 0 aliphatic rings. The minimum Gasteiger partial charge on any atom is -0.280 e. The lowest BCUT2D eigenvalue weighted by molar-refractivity contribution is 0.817. The fraction of sp³-hybridized carbons (Fsp3) is 0.545. The third-order valence-corrected chi connectivity index (χ3v) is 3.55. The summed E-state index contributed by atoms with van der Waals surface area (Å²) in [5, 5.41) is 9.79. The molecule has 0 saturated heterocycles. The van der Waals surface area contributed by atoms with E-state index in [-0.39, 0.29) is 0 Å². The first-order valence-corrected chi connectivity index (χ1v) is 5.94. The molecule has 1 N–H and O–H groups in total. The lowest BCUT2D eigenvalue weighted by atomic mass is 10.1. The van der Waals surface area contributed by atoms with Gasteiger partial charge in [-0.1, -0.05) is 27.7 Å². The molecule has 0 aromatic carbocycles. The van der Waals surface area contributed by atoms with Crippen molar-refractivity contribution in [2.45, 2.75) is 39.5 Å². The Morgan fingerprint density at radius 3 is 2.50 bits per heavy atom. The summed E-state index contributed by atoms with van der Waals surface area (Å²) in [5.41, 5.74) is 3.82. The average molecular weight is 208 g/mol. The van der Waals surface area contributed by atoms with E-state index in [0.717, 1.165) is 0 Å². The minimum absolute atomic E-state index is 0.527. The average Bonchev–Trinajstić information content (AvgIpc) is 2.59. The third-order valence-electron chi connectivity index (χ3n) is 2.52. The van der Waals surface area contributed by atoms with Crippen LogP contribution in [0.15, 0.2) is 5.38 Å². The second-order valence-electron chi connectivity index (χ2n) is 4.32. The van der Waals surface area contributed by atoms with Gasteiger partial charge in [-0.3, -0.25) is 5.10 Å². The fourth-order valence-corrected chi connectivity index (χ4v) is 2.95. The molecule has 2 nitrogen and oxygen atoms in total. The Morgan fingerprint density at radius 2 is 1.93 bits per heavy atom. The summed E-state index contributed by atoms with van der Waals surface area (Å²) in [5.74, 6) is 1.09. The Morgan fingerprint density at radius 1 is 1.21 bits per heavy atom. The Hall–Kier alpha value is -0.830. The van der Waals surface area contributed by atoms with Crippen molar-refractivity contribution < 1.29 is 0 Å². The van der Waals surface area contributed by atoms with Crippen LogP contribution in [0, 0.1) is 0 Å². The van der Waals surface area contributed by atoms with Crippen molar-refractivity contribution in [3.8, 4) is 0 Å². The van der Waals surface area contributed by atoms with Gasteiger partial charge in [0, 0.05) is 0 Å². The number of hydrogen-bond acceptors (Lipinski definition) is 2. The Bertz CT molecular complexity index is 395. The molecule has 2 aromatic rings. The predicted molar refractivity (Wildman–Crippen MR) is 62.1 cm³/mol. The molecule has 0 aliphatic carbocycles. The van der Waals surface area contributed by atoms with Gasteiger partial charge in [0.2, 0.25) is 0 Å². The molecule has 2 rings (SSSR count). The number of thiophene rings is 1. The lowest BCUT2D eigenvalue weighted by Crippen LogP contribution is -1.86. The van der Waals surface area contributed by atoms with Crippen LogP contribution in [0.1, 0.15) is 50.8 Å². The first-order valence-electron chi connectivity index (χ1n) is 5.06. The van der Waals surface area contributed by atoms with Crippen molar-refractivity contribution in [2.75, 3.05) is 0 Å². The monoisotopic (exact) mass is 208 g/mol. The van der Waals surface area contributed by atoms with Crippen molar-refractivity contribution in [1.29, 1.82) is 0 Å². The molecule has 0 aliphatic heterocycles. The Balaban J connectivity index is 2.61. The number of H-pyrrole nitrogens is 1. The van der Waals surface area contributed by atoms with Crippen LogP contribution in [-0.2, 0) is 0 Å². The van der Waals surface area contributed by atoms with Gasteiger partial charge in [-0.2, -0.15) is 5.10 Å². The number of nitrogens with one attached hydrogen (secondary N) is 1. The van der Waals surface area contributed by atoms with E-state index in [1.807, 2.05) is 11.3 Å². The standard InChI is InChI=1S/C11H16N2S/c1-6(2)8-5-14-11-9(7(3)4)12-13-10(8)11/h5-7H,1-4H3,(H,12,13). The zero-order valence-corrected chi connectivity index (χ0v) is 9.90. The minimum atomic E-state index is 0.527. The number of aromatic nitrogens is 2. The van der Waals surface area contributed by atoms with E-state index < -0.39 is 0 Å². The molecule has 0 amide bonds. The largest absolute Gasteiger partial charge is 0.280 e. The van der Waals surface area contributed by atoms with Crippen LogP contribution >= 0.6 is 11.3 Å². The van der Waals surface area contributed by atoms with E-state index in [2.05, 4.69) is 43.3 Å². The highest BCUT2D eigenvalue weighted by molar-refractivity contribution is 7.17. The number of hydrogen-bond donors (Lipinski definition) is 1. The highest BCUT2D eigenvalue weighted by atomic mass is 32.1. The molecule has 3 heteroatoms. The number of rotatable bonds is 2. The molecule has 0 fully saturated rings. The van der Waals surface area contributed by atoms with Crippen LogP contribution in [0.3, 0.4) is 0 Å². The first-order chi connectivity index (χ1) is 6.61. The molecule has 0 unspecified atom stereocenters. The Labute approximate surface area is 88.3 Å². The SMILES string of the molecule is CC(C)c1csc2c(C(C)C)[nH]nc12. The maximum absolute atomic E-state index is 4.41. The molecule has 2 heterocycles. The van der Waals surface area contributed by atoms with Crippen LogP contribution in [0.4, 0.5) is 0 Å². The quantitative estimate of drug-likeness (QED) is 0.797. The summed E-state index contributed by atoms with van der Waals surface area (Å²) in [4.78, 5) is 0. The molecule has 0 saturated carbocycles. The smallest absolute Gasteiger partial charge is 0.107 e. The van der Waals surface area contributed by atoms with Crippen LogP contribution < -0.4 is 0 Å². The van der Waals surface area contributed by atoms with Crippen molar-refractivity contribution in [2.24, 2.45) is 0 Å². The Kier molecular flexibility index (Phi) is 2.35. The molecular formula is C11H16N2S. The van der Waals surface area contributed by atoms with E-state index in [1.54, 1.807) is 0 Å². The summed E-state index contributed by atoms with van der Waals surface area (Å²) in [6.45, 7) is 8.82. The molecule has 0 atom stereocenters. The van der Waals surface area contributed by atoms with E-state index in [9.17, 15) is 0 Å². The maximum atomic E-state index is 4.41. The van der Waals surface area contributed by atoms with Crippen molar-refractivity contribution in [3.05, 3.63) is 16.6 Å². The third kappa shape index (κ3) is 1.36. The molecular weight excluding hydrogens is 192 g/mol. The van der Waals surface area contributed by atoms with Crippen LogP contribution in [0.5, 0.6) is 0 Å². The highest BCUT2D eigenvalue weighted by Gasteiger charge is 2.15. The van der Waals surface area contributed by atoms with E-state index in [0.29, 0.717) is 11.8 Å². The maximum Gasteiger partial charge on any atom is 0.107 e. The number of nitrogens with zero attached hydrogens (tertiary/aromatic N) is 1. The van der Waals surface area contributed by atoms with Gasteiger partial charge in [-0.25, -0.2) is 0 Å². The molecule has 14 heavy (non-hydrogen) atoms. The van der Waals surface area contributed by atoms with Crippen LogP contribution in [0.25, 0.3) is 10.2 Å². The van der Waals surface area contributed by atoms with Gasteiger partial charge in [0.25, 0.3) is 0 Å². The summed E-state index contributed by atoms with van der Waals surface area (Å²) in [6.07, 6.45) is 0. The van der Waals surface area contributed by atoms with E-state index in [1.165, 1.54) is 21.5 Å². The van der Waals surface area contributed by atoms with Gasteiger partial charge in [-0.05, 0) is 22.8 Å². The molecule has 0 spiro atoms. The topological polar surface area (TPSA) is 28.7 Å². The first kappa shape index (κ1) is 9.71. The lowest BCUT2D eigenvalue weighted by Gasteiger charge is -1.98. The molecule has 0 radical (unpaired) electrons. The highest BCUT2D eigenvalue weighted by Crippen LogP contribution is 2.34. The van der Waals surface area contributed by atoms with Gasteiger partial charge in [0.15, 0.2) is 0 Å². The summed E-state index contributed by atoms with van der Waals surface area (Å²) in [7, 11) is 0. The second kappa shape index (κ2) is 3.39. The van der Waals surface area contributed by atoms with E-state index in [4.69, 9.17) is 0 Å². The van der Waals surface area contributed by atoms with Crippen molar-refractivity contribution in [3.63, 3.8) is 0 Å². The van der Waals surface area contributed by atoms with Gasteiger partial charge >= 0.3 is 0 Å². The van der Waals surface area contributed by atoms with Crippen molar-refractivity contribution >= 4 is 21.6 Å². The second-order valence-corrected chi connectivity index (χ2v) is 5.20. The predicted octanol–water partition coefficient (Wildman–Crippen LogP) is 3.87.